The molecule has 43 heavy (non-hydrogen) atoms. The number of hydrogen-bond donors (Lipinski definition) is 1. The molecule has 4 rings (SSSR count). The van der Waals surface area contributed by atoms with Crippen LogP contribution in [0.5, 0.6) is 0 Å². The van der Waals surface area contributed by atoms with E-state index < -0.39 is 33.4 Å². The van der Waals surface area contributed by atoms with Gasteiger partial charge in [-0.3, -0.25) is 24.0 Å². The summed E-state index contributed by atoms with van der Waals surface area (Å²) in [6.07, 6.45) is 5.31. The maximum Gasteiger partial charge on any atom is 0.269 e. The molecule has 1 atom stereocenters. The molecule has 0 aliphatic heterocycles. The van der Waals surface area contributed by atoms with Crippen molar-refractivity contribution in [2.75, 3.05) is 10.8 Å². The van der Waals surface area contributed by atoms with Gasteiger partial charge in [0.25, 0.3) is 15.7 Å². The number of amides is 2. The van der Waals surface area contributed by atoms with E-state index in [0.29, 0.717) is 6.42 Å². The fraction of sp³-hybridized carbons (Fsp3) is 0.375. The van der Waals surface area contributed by atoms with Crippen LogP contribution in [0.2, 0.25) is 0 Å². The molecular weight excluding hydrogens is 568 g/mol. The summed E-state index contributed by atoms with van der Waals surface area (Å²) < 4.78 is 28.7. The number of hydrogen-bond acceptors (Lipinski definition) is 6. The van der Waals surface area contributed by atoms with Crippen LogP contribution in [0, 0.1) is 17.0 Å². The maximum absolute atomic E-state index is 14.2. The molecule has 10 nitrogen and oxygen atoms in total. The molecule has 0 unspecified atom stereocenters. The third kappa shape index (κ3) is 7.98. The predicted octanol–water partition coefficient (Wildman–Crippen LogP) is 5.35. The van der Waals surface area contributed by atoms with Gasteiger partial charge >= 0.3 is 0 Å². The van der Waals surface area contributed by atoms with Crippen molar-refractivity contribution in [3.8, 4) is 0 Å². The van der Waals surface area contributed by atoms with Gasteiger partial charge in [-0.2, -0.15) is 0 Å². The second-order valence-corrected chi connectivity index (χ2v) is 12.7. The van der Waals surface area contributed by atoms with Crippen molar-refractivity contribution >= 4 is 33.2 Å². The average Bonchev–Trinajstić information content (AvgIpc) is 3.00. The zero-order valence-corrected chi connectivity index (χ0v) is 25.3. The van der Waals surface area contributed by atoms with Gasteiger partial charge in [0.05, 0.1) is 15.5 Å². The summed E-state index contributed by atoms with van der Waals surface area (Å²) in [4.78, 5) is 39.9. The highest BCUT2D eigenvalue weighted by molar-refractivity contribution is 7.92. The number of sulfonamides is 1. The Balaban J connectivity index is 1.71. The van der Waals surface area contributed by atoms with Crippen molar-refractivity contribution in [3.05, 3.63) is 100 Å². The number of nitrogens with one attached hydrogen (secondary N) is 1. The molecule has 0 radical (unpaired) electrons. The third-order valence-corrected chi connectivity index (χ3v) is 9.52. The molecule has 0 saturated heterocycles. The molecule has 228 valence electrons. The SMILES string of the molecule is CC[C@H](C(=O)NC1CCCCC1)N(Cc1cccc(C)c1)C(=O)CN(c1ccc([N+](=O)[O-])cc1)S(=O)(=O)c1ccccc1. The van der Waals surface area contributed by atoms with E-state index in [-0.39, 0.29) is 34.8 Å². The van der Waals surface area contributed by atoms with Gasteiger partial charge in [0.2, 0.25) is 11.8 Å². The number of anilines is 1. The van der Waals surface area contributed by atoms with Gasteiger partial charge in [-0.15, -0.1) is 0 Å². The fourth-order valence-corrected chi connectivity index (χ4v) is 6.90. The highest BCUT2D eigenvalue weighted by atomic mass is 32.2. The predicted molar refractivity (Wildman–Crippen MR) is 165 cm³/mol. The first-order valence-electron chi connectivity index (χ1n) is 14.6. The Bertz CT molecular complexity index is 1520. The van der Waals surface area contributed by atoms with E-state index in [2.05, 4.69) is 5.32 Å². The van der Waals surface area contributed by atoms with Crippen molar-refractivity contribution in [2.24, 2.45) is 0 Å². The summed E-state index contributed by atoms with van der Waals surface area (Å²) in [6.45, 7) is 3.27. The number of nitro benzene ring substituents is 1. The topological polar surface area (TPSA) is 130 Å². The molecule has 1 aliphatic rings. The minimum atomic E-state index is -4.26. The Morgan fingerprint density at radius 3 is 2.26 bits per heavy atom. The van der Waals surface area contributed by atoms with Crippen LogP contribution in [0.15, 0.2) is 83.8 Å². The van der Waals surface area contributed by atoms with Crippen LogP contribution < -0.4 is 9.62 Å². The summed E-state index contributed by atoms with van der Waals surface area (Å²) >= 11 is 0. The molecular formula is C32H38N4O6S. The molecule has 0 bridgehead atoms. The highest BCUT2D eigenvalue weighted by Crippen LogP contribution is 2.27. The number of rotatable bonds is 12. The van der Waals surface area contributed by atoms with Crippen LogP contribution in [-0.4, -0.2) is 48.7 Å². The van der Waals surface area contributed by atoms with Gasteiger partial charge in [-0.05, 0) is 56.0 Å². The maximum atomic E-state index is 14.2. The second-order valence-electron chi connectivity index (χ2n) is 10.9. The smallest absolute Gasteiger partial charge is 0.269 e. The van der Waals surface area contributed by atoms with Gasteiger partial charge in [0, 0.05) is 24.7 Å². The monoisotopic (exact) mass is 606 g/mol. The highest BCUT2D eigenvalue weighted by Gasteiger charge is 2.34. The third-order valence-electron chi connectivity index (χ3n) is 7.73. The summed E-state index contributed by atoms with van der Waals surface area (Å²) in [5, 5.41) is 14.4. The molecule has 0 aromatic heterocycles. The quantitative estimate of drug-likeness (QED) is 0.218. The first-order valence-corrected chi connectivity index (χ1v) is 16.0. The lowest BCUT2D eigenvalue weighted by Gasteiger charge is -2.34. The molecule has 11 heteroatoms. The number of carbonyl (C=O) groups is 2. The number of carbonyl (C=O) groups excluding carboxylic acids is 2. The van der Waals surface area contributed by atoms with E-state index in [1.54, 1.807) is 18.2 Å². The van der Waals surface area contributed by atoms with E-state index >= 15 is 0 Å². The molecule has 2 amide bonds. The van der Waals surface area contributed by atoms with E-state index in [4.69, 9.17) is 0 Å². The lowest BCUT2D eigenvalue weighted by atomic mass is 9.95. The van der Waals surface area contributed by atoms with Crippen LogP contribution >= 0.6 is 0 Å². The van der Waals surface area contributed by atoms with Crippen LogP contribution in [0.25, 0.3) is 0 Å². The Hall–Kier alpha value is -4.25. The van der Waals surface area contributed by atoms with E-state index in [0.717, 1.165) is 47.5 Å². The fourth-order valence-electron chi connectivity index (χ4n) is 5.46. The first kappa shape index (κ1) is 31.7. The Labute approximate surface area is 252 Å². The standard InChI is InChI=1S/C32H38N4O6S/c1-3-30(32(38)33-26-13-6-4-7-14-26)34(22-25-12-10-11-24(2)21-25)31(37)23-35(27-17-19-28(20-18-27)36(39)40)43(41,42)29-15-8-5-9-16-29/h5,8-12,15-21,26,30H,3-4,6-7,13-14,22-23H2,1-2H3,(H,33,38)/t30-/m1/s1. The van der Waals surface area contributed by atoms with Gasteiger partial charge in [0.1, 0.15) is 12.6 Å². The van der Waals surface area contributed by atoms with Crippen molar-refractivity contribution in [2.45, 2.75) is 75.9 Å². The van der Waals surface area contributed by atoms with Crippen LogP contribution in [-0.2, 0) is 26.2 Å². The average molecular weight is 607 g/mol. The zero-order valence-electron chi connectivity index (χ0n) is 24.5. The lowest BCUT2D eigenvalue weighted by molar-refractivity contribution is -0.384. The molecule has 1 aliphatic carbocycles. The van der Waals surface area contributed by atoms with Crippen LogP contribution in [0.1, 0.15) is 56.6 Å². The van der Waals surface area contributed by atoms with E-state index in [9.17, 15) is 28.1 Å². The second kappa shape index (κ2) is 14.3. The summed E-state index contributed by atoms with van der Waals surface area (Å²) in [5.74, 6) is -0.826. The molecule has 3 aromatic carbocycles. The number of benzene rings is 3. The van der Waals surface area contributed by atoms with Gasteiger partial charge in [0.15, 0.2) is 0 Å². The van der Waals surface area contributed by atoms with Gasteiger partial charge in [-0.25, -0.2) is 8.42 Å². The molecule has 3 aromatic rings. The van der Waals surface area contributed by atoms with Gasteiger partial charge < -0.3 is 10.2 Å². The van der Waals surface area contributed by atoms with Crippen LogP contribution in [0.3, 0.4) is 0 Å². The van der Waals surface area contributed by atoms with E-state index in [1.165, 1.54) is 41.3 Å². The van der Waals surface area contributed by atoms with Crippen molar-refractivity contribution < 1.29 is 22.9 Å². The molecule has 1 saturated carbocycles. The number of nitro groups is 1. The number of aryl methyl sites for hydroxylation is 1. The Morgan fingerprint density at radius 2 is 1.65 bits per heavy atom. The zero-order chi connectivity index (χ0) is 31.0. The number of nitrogens with zero attached hydrogens (tertiary/aromatic N) is 3. The van der Waals surface area contributed by atoms with Crippen molar-refractivity contribution in [3.63, 3.8) is 0 Å². The van der Waals surface area contributed by atoms with Gasteiger partial charge in [-0.1, -0.05) is 74.2 Å². The largest absolute Gasteiger partial charge is 0.352 e. The minimum Gasteiger partial charge on any atom is -0.352 e. The first-order chi connectivity index (χ1) is 20.6. The van der Waals surface area contributed by atoms with Crippen LogP contribution in [0.4, 0.5) is 11.4 Å². The Morgan fingerprint density at radius 1 is 0.977 bits per heavy atom. The normalized spacial score (nSPS) is 14.5. The number of non-ortho nitro benzene ring substituents is 1. The lowest BCUT2D eigenvalue weighted by Crippen LogP contribution is -2.54. The molecule has 1 fully saturated rings. The van der Waals surface area contributed by atoms with Crippen molar-refractivity contribution in [1.29, 1.82) is 0 Å². The van der Waals surface area contributed by atoms with Crippen molar-refractivity contribution in [1.82, 2.24) is 10.2 Å². The summed E-state index contributed by atoms with van der Waals surface area (Å²) in [5.41, 5.74) is 1.69. The van der Waals surface area contributed by atoms with E-state index in [1.807, 2.05) is 38.1 Å². The molecule has 1 N–H and O–H groups in total. The molecule has 0 heterocycles. The summed E-state index contributed by atoms with van der Waals surface area (Å²) in [7, 11) is -4.26. The minimum absolute atomic E-state index is 0.0338. The Kier molecular flexibility index (Phi) is 10.5. The summed E-state index contributed by atoms with van der Waals surface area (Å²) in [6, 6.07) is 19.5. The molecule has 0 spiro atoms.